The molecule has 0 heterocycles. The van der Waals surface area contributed by atoms with Gasteiger partial charge in [-0.2, -0.15) is 0 Å². The summed E-state index contributed by atoms with van der Waals surface area (Å²) < 4.78 is 0. The van der Waals surface area contributed by atoms with Crippen LogP contribution in [0.15, 0.2) is 0 Å². The van der Waals surface area contributed by atoms with Gasteiger partial charge in [0.2, 0.25) is 5.91 Å². The molecular weight excluding hydrogens is 188 g/mol. The van der Waals surface area contributed by atoms with Crippen molar-refractivity contribution >= 4 is 5.91 Å². The molecule has 0 bridgehead atoms. The lowest BCUT2D eigenvalue weighted by molar-refractivity contribution is -0.122. The van der Waals surface area contributed by atoms with Crippen molar-refractivity contribution in [2.24, 2.45) is 29.4 Å². The Morgan fingerprint density at radius 3 is 2.67 bits per heavy atom. The highest BCUT2D eigenvalue weighted by Gasteiger charge is 2.45. The summed E-state index contributed by atoms with van der Waals surface area (Å²) in [5, 5.41) is 3.09. The number of hydrogen-bond donors (Lipinski definition) is 2. The van der Waals surface area contributed by atoms with Crippen LogP contribution < -0.4 is 11.1 Å². The van der Waals surface area contributed by atoms with Crippen LogP contribution in [0.5, 0.6) is 0 Å². The van der Waals surface area contributed by atoms with Crippen LogP contribution >= 0.6 is 0 Å². The first kappa shape index (κ1) is 9.64. The molecule has 3 fully saturated rings. The highest BCUT2D eigenvalue weighted by molar-refractivity contribution is 5.80. The van der Waals surface area contributed by atoms with Gasteiger partial charge in [-0.1, -0.05) is 0 Å². The third-order valence-corrected chi connectivity index (χ3v) is 4.49. The maximum atomic E-state index is 11.5. The molecule has 15 heavy (non-hydrogen) atoms. The lowest BCUT2D eigenvalue weighted by Crippen LogP contribution is -2.44. The first-order valence-corrected chi connectivity index (χ1v) is 6.27. The van der Waals surface area contributed by atoms with Gasteiger partial charge >= 0.3 is 0 Å². The fraction of sp³-hybridized carbons (Fsp3) is 0.917. The third kappa shape index (κ3) is 1.78. The zero-order valence-corrected chi connectivity index (χ0v) is 9.11. The van der Waals surface area contributed by atoms with E-state index >= 15 is 0 Å². The number of carbonyl (C=O) groups is 1. The molecule has 3 rings (SSSR count). The molecule has 3 saturated carbocycles. The minimum atomic E-state index is 0.290. The summed E-state index contributed by atoms with van der Waals surface area (Å²) in [5.41, 5.74) is 5.95. The van der Waals surface area contributed by atoms with Crippen molar-refractivity contribution in [1.82, 2.24) is 5.32 Å². The maximum Gasteiger partial charge on any atom is 0.223 e. The van der Waals surface area contributed by atoms with Crippen LogP contribution in [0.4, 0.5) is 0 Å². The Kier molecular flexibility index (Phi) is 2.23. The smallest absolute Gasteiger partial charge is 0.223 e. The minimum absolute atomic E-state index is 0.290. The SMILES string of the molecule is NC1CC2CC(CNC(=O)C3CC3)CC12. The molecule has 4 atom stereocenters. The Labute approximate surface area is 90.8 Å². The van der Waals surface area contributed by atoms with Crippen molar-refractivity contribution in [2.45, 2.75) is 38.1 Å². The van der Waals surface area contributed by atoms with Gasteiger partial charge in [-0.05, 0) is 49.9 Å². The fourth-order valence-corrected chi connectivity index (χ4v) is 3.30. The van der Waals surface area contributed by atoms with Gasteiger partial charge in [-0.3, -0.25) is 4.79 Å². The van der Waals surface area contributed by atoms with Crippen molar-refractivity contribution < 1.29 is 4.79 Å². The van der Waals surface area contributed by atoms with Gasteiger partial charge in [0.05, 0.1) is 0 Å². The number of rotatable bonds is 3. The van der Waals surface area contributed by atoms with E-state index in [1.54, 1.807) is 0 Å². The first-order chi connectivity index (χ1) is 7.24. The summed E-state index contributed by atoms with van der Waals surface area (Å²) >= 11 is 0. The molecule has 0 aromatic rings. The van der Waals surface area contributed by atoms with E-state index in [-0.39, 0.29) is 0 Å². The van der Waals surface area contributed by atoms with E-state index in [2.05, 4.69) is 5.32 Å². The predicted molar refractivity (Wildman–Crippen MR) is 58.0 cm³/mol. The Balaban J connectivity index is 1.43. The second kappa shape index (κ2) is 3.48. The molecule has 0 aromatic heterocycles. The summed E-state index contributed by atoms with van der Waals surface area (Å²) in [6, 6.07) is 0.458. The Morgan fingerprint density at radius 1 is 1.27 bits per heavy atom. The summed E-state index contributed by atoms with van der Waals surface area (Å²) in [5.74, 6) is 3.00. The van der Waals surface area contributed by atoms with E-state index in [1.165, 1.54) is 19.3 Å². The first-order valence-electron chi connectivity index (χ1n) is 6.27. The lowest BCUT2D eigenvalue weighted by atomic mass is 9.72. The van der Waals surface area contributed by atoms with Crippen LogP contribution in [0.2, 0.25) is 0 Å². The monoisotopic (exact) mass is 208 g/mol. The second-order valence-electron chi connectivity index (χ2n) is 5.68. The Bertz CT molecular complexity index is 275. The summed E-state index contributed by atoms with van der Waals surface area (Å²) in [7, 11) is 0. The largest absolute Gasteiger partial charge is 0.356 e. The van der Waals surface area contributed by atoms with Gasteiger partial charge in [0.15, 0.2) is 0 Å². The second-order valence-corrected chi connectivity index (χ2v) is 5.68. The molecule has 0 aromatic carbocycles. The van der Waals surface area contributed by atoms with Gasteiger partial charge in [-0.15, -0.1) is 0 Å². The molecule has 0 spiro atoms. The van der Waals surface area contributed by atoms with Crippen LogP contribution in [-0.2, 0) is 4.79 Å². The van der Waals surface area contributed by atoms with Crippen molar-refractivity contribution in [1.29, 1.82) is 0 Å². The molecule has 0 radical (unpaired) electrons. The topological polar surface area (TPSA) is 55.1 Å². The molecular formula is C12H20N2O. The number of hydrogen-bond acceptors (Lipinski definition) is 2. The molecule has 0 aliphatic heterocycles. The number of carbonyl (C=O) groups excluding carboxylic acids is 1. The van der Waals surface area contributed by atoms with Crippen LogP contribution in [0.3, 0.4) is 0 Å². The lowest BCUT2D eigenvalue weighted by Gasteiger charge is -2.37. The summed E-state index contributed by atoms with van der Waals surface area (Å²) in [6.07, 6.45) is 5.97. The van der Waals surface area contributed by atoms with Gasteiger partial charge in [0.1, 0.15) is 0 Å². The highest BCUT2D eigenvalue weighted by Crippen LogP contribution is 2.48. The fourth-order valence-electron chi connectivity index (χ4n) is 3.30. The molecule has 3 aliphatic rings. The molecule has 3 N–H and O–H groups in total. The molecule has 84 valence electrons. The number of fused-ring (bicyclic) bond motifs is 1. The zero-order chi connectivity index (χ0) is 10.4. The van der Waals surface area contributed by atoms with Crippen LogP contribution in [0, 0.1) is 23.7 Å². The number of nitrogens with two attached hydrogens (primary N) is 1. The predicted octanol–water partition coefficient (Wildman–Crippen LogP) is 0.886. The Morgan fingerprint density at radius 2 is 2.07 bits per heavy atom. The molecule has 3 nitrogen and oxygen atoms in total. The van der Waals surface area contributed by atoms with Crippen LogP contribution in [-0.4, -0.2) is 18.5 Å². The van der Waals surface area contributed by atoms with Gasteiger partial charge in [-0.25, -0.2) is 0 Å². The average molecular weight is 208 g/mol. The normalized spacial score (nSPS) is 43.3. The standard InChI is InChI=1S/C12H20N2O/c13-11-5-9-3-7(4-10(9)11)6-14-12(15)8-1-2-8/h7-11H,1-6,13H2,(H,14,15). The quantitative estimate of drug-likeness (QED) is 0.723. The van der Waals surface area contributed by atoms with Crippen LogP contribution in [0.25, 0.3) is 0 Å². The molecule has 3 heteroatoms. The van der Waals surface area contributed by atoms with Crippen molar-refractivity contribution in [3.63, 3.8) is 0 Å². The van der Waals surface area contributed by atoms with E-state index in [0.29, 0.717) is 23.8 Å². The van der Waals surface area contributed by atoms with E-state index in [9.17, 15) is 4.79 Å². The maximum absolute atomic E-state index is 11.5. The van der Waals surface area contributed by atoms with Crippen molar-refractivity contribution in [2.75, 3.05) is 6.54 Å². The number of amides is 1. The molecule has 3 aliphatic carbocycles. The molecule has 4 unspecified atom stereocenters. The number of nitrogens with one attached hydrogen (secondary N) is 1. The van der Waals surface area contributed by atoms with Gasteiger partial charge in [0, 0.05) is 18.5 Å². The highest BCUT2D eigenvalue weighted by atomic mass is 16.2. The van der Waals surface area contributed by atoms with Gasteiger partial charge < -0.3 is 11.1 Å². The third-order valence-electron chi connectivity index (χ3n) is 4.49. The average Bonchev–Trinajstić information content (AvgIpc) is 2.99. The van der Waals surface area contributed by atoms with Crippen molar-refractivity contribution in [3.8, 4) is 0 Å². The van der Waals surface area contributed by atoms with E-state index in [0.717, 1.165) is 31.2 Å². The van der Waals surface area contributed by atoms with E-state index in [4.69, 9.17) is 5.73 Å². The summed E-state index contributed by atoms with van der Waals surface area (Å²) in [6.45, 7) is 0.898. The zero-order valence-electron chi connectivity index (χ0n) is 9.11. The van der Waals surface area contributed by atoms with E-state index < -0.39 is 0 Å². The summed E-state index contributed by atoms with van der Waals surface area (Å²) in [4.78, 5) is 11.5. The van der Waals surface area contributed by atoms with Crippen molar-refractivity contribution in [3.05, 3.63) is 0 Å². The molecule has 1 amide bonds. The molecule has 0 saturated heterocycles. The van der Waals surface area contributed by atoms with Crippen LogP contribution in [0.1, 0.15) is 32.1 Å². The Hall–Kier alpha value is -0.570. The minimum Gasteiger partial charge on any atom is -0.356 e. The van der Waals surface area contributed by atoms with Gasteiger partial charge in [0.25, 0.3) is 0 Å². The van der Waals surface area contributed by atoms with E-state index in [1.807, 2.05) is 0 Å².